The maximum atomic E-state index is 10.8. The van der Waals surface area contributed by atoms with E-state index in [9.17, 15) is 19.7 Å². The number of nitrogens with two attached hydrogens (primary N) is 1. The van der Waals surface area contributed by atoms with Crippen LogP contribution in [0.3, 0.4) is 0 Å². The molecule has 3 heterocycles. The molecule has 5 atom stereocenters. The number of ether oxygens (including phenoxy) is 1. The Balaban J connectivity index is 1.75. The van der Waals surface area contributed by atoms with Crippen LogP contribution >= 0.6 is 14.5 Å². The molecular weight excluding hydrogens is 428 g/mol. The monoisotopic (exact) mass is 443 g/mol. The summed E-state index contributed by atoms with van der Waals surface area (Å²) in [5.74, 6) is 0.113. The van der Waals surface area contributed by atoms with E-state index in [-0.39, 0.29) is 17.0 Å². The quantitative estimate of drug-likeness (QED) is 0.276. The molecule has 17 heteroatoms. The Morgan fingerprint density at radius 3 is 2.63 bits per heavy atom. The number of imidazole rings is 1. The van der Waals surface area contributed by atoms with Crippen LogP contribution in [0.2, 0.25) is 0 Å². The Kier molecular flexibility index (Phi) is 5.65. The number of aliphatic hydroxyl groups is 2. The predicted molar refractivity (Wildman–Crippen MR) is 91.2 cm³/mol. The van der Waals surface area contributed by atoms with Gasteiger partial charge in [0.25, 0.3) is 0 Å². The molecule has 2 aromatic heterocycles. The highest BCUT2D eigenvalue weighted by atomic mass is 32.5. The van der Waals surface area contributed by atoms with Crippen LogP contribution in [0.4, 0.5) is 5.82 Å². The molecule has 0 aliphatic carbocycles. The van der Waals surface area contributed by atoms with Gasteiger partial charge in [-0.2, -0.15) is 0 Å². The number of anilines is 1. The standard InChI is InChI=1S/C10H15N5O9P2S/c11-8-5-9(13-2-12-8)15(3-14-5)10-7(17)6(16)4(23-10)1-22-26(21,27)24-25(18,19)20/h2-4,6-7,10,16-17H,1H2,(H,21,27)(H2,11,12,13)(H2,18,19,20)/t4-,6-,7?,10-,26-/m1/s1. The fraction of sp³-hybridized carbons (Fsp3) is 0.500. The highest BCUT2D eigenvalue weighted by Crippen LogP contribution is 2.58. The van der Waals surface area contributed by atoms with E-state index in [0.29, 0.717) is 0 Å². The van der Waals surface area contributed by atoms with Crippen molar-refractivity contribution in [2.45, 2.75) is 24.5 Å². The minimum Gasteiger partial charge on any atom is -0.387 e. The minimum atomic E-state index is -5.08. The van der Waals surface area contributed by atoms with E-state index in [1.54, 1.807) is 0 Å². The van der Waals surface area contributed by atoms with Crippen molar-refractivity contribution in [3.05, 3.63) is 12.7 Å². The van der Waals surface area contributed by atoms with E-state index in [4.69, 9.17) is 24.8 Å². The number of hydrogen-bond acceptors (Lipinski definition) is 11. The van der Waals surface area contributed by atoms with Crippen LogP contribution in [0, 0.1) is 0 Å². The third-order valence-electron chi connectivity index (χ3n) is 3.61. The molecule has 0 radical (unpaired) electrons. The molecule has 27 heavy (non-hydrogen) atoms. The van der Waals surface area contributed by atoms with Crippen LogP contribution in [-0.4, -0.2) is 69.3 Å². The largest absolute Gasteiger partial charge is 0.476 e. The Bertz CT molecular complexity index is 937. The zero-order valence-corrected chi connectivity index (χ0v) is 15.8. The van der Waals surface area contributed by atoms with Crippen LogP contribution < -0.4 is 5.73 Å². The van der Waals surface area contributed by atoms with Crippen LogP contribution in [0.1, 0.15) is 6.23 Å². The van der Waals surface area contributed by atoms with Crippen LogP contribution in [0.25, 0.3) is 11.2 Å². The number of aromatic nitrogens is 4. The number of fused-ring (bicyclic) bond motifs is 1. The summed E-state index contributed by atoms with van der Waals surface area (Å²) in [6.45, 7) is -4.90. The Morgan fingerprint density at radius 2 is 1.96 bits per heavy atom. The number of rotatable bonds is 6. The van der Waals surface area contributed by atoms with Gasteiger partial charge in [0.2, 0.25) is 0 Å². The fourth-order valence-corrected chi connectivity index (χ4v) is 5.04. The van der Waals surface area contributed by atoms with Crippen molar-refractivity contribution in [2.24, 2.45) is 0 Å². The third kappa shape index (κ3) is 4.50. The maximum absolute atomic E-state index is 10.8. The fourth-order valence-electron chi connectivity index (χ4n) is 2.48. The van der Waals surface area contributed by atoms with Gasteiger partial charge in [-0.05, 0) is 11.8 Å². The lowest BCUT2D eigenvalue weighted by atomic mass is 10.1. The Labute approximate surface area is 156 Å². The summed E-state index contributed by atoms with van der Waals surface area (Å²) in [4.78, 5) is 38.8. The van der Waals surface area contributed by atoms with Gasteiger partial charge in [0, 0.05) is 0 Å². The Hall–Kier alpha value is -1.09. The first-order valence-electron chi connectivity index (χ1n) is 7.17. The van der Waals surface area contributed by atoms with Crippen LogP contribution in [-0.2, 0) is 29.9 Å². The van der Waals surface area contributed by atoms with Gasteiger partial charge in [0.05, 0.1) is 12.9 Å². The lowest BCUT2D eigenvalue weighted by Gasteiger charge is -2.19. The zero-order valence-electron chi connectivity index (χ0n) is 13.2. The lowest BCUT2D eigenvalue weighted by molar-refractivity contribution is -0.0486. The summed E-state index contributed by atoms with van der Waals surface area (Å²) in [7, 11) is -5.08. The van der Waals surface area contributed by atoms with E-state index in [1.165, 1.54) is 17.2 Å². The molecule has 1 unspecified atom stereocenters. The molecule has 1 aliphatic heterocycles. The number of hydrogen-bond donors (Lipinski definition) is 6. The van der Waals surface area contributed by atoms with Gasteiger partial charge in [-0.1, -0.05) is 0 Å². The number of aliphatic hydroxyl groups excluding tert-OH is 2. The molecule has 0 amide bonds. The molecule has 3 rings (SSSR count). The molecule has 2 aromatic rings. The summed E-state index contributed by atoms with van der Waals surface area (Å²) in [6, 6.07) is 0. The van der Waals surface area contributed by atoms with Crippen molar-refractivity contribution in [2.75, 3.05) is 12.3 Å². The highest BCUT2D eigenvalue weighted by Gasteiger charge is 2.45. The van der Waals surface area contributed by atoms with Gasteiger partial charge in [0.15, 0.2) is 17.7 Å². The molecule has 1 aliphatic rings. The van der Waals surface area contributed by atoms with Crippen molar-refractivity contribution in [1.82, 2.24) is 19.5 Å². The van der Waals surface area contributed by atoms with Gasteiger partial charge in [-0.15, -0.1) is 0 Å². The topological polar surface area (TPSA) is 216 Å². The summed E-state index contributed by atoms with van der Waals surface area (Å²) in [5.41, 5.74) is 6.21. The summed E-state index contributed by atoms with van der Waals surface area (Å²) >= 11 is 4.47. The average molecular weight is 443 g/mol. The van der Waals surface area contributed by atoms with Crippen molar-refractivity contribution in [3.63, 3.8) is 0 Å². The lowest BCUT2D eigenvalue weighted by Crippen LogP contribution is -2.33. The van der Waals surface area contributed by atoms with Crippen molar-refractivity contribution < 1.29 is 43.0 Å². The summed E-state index contributed by atoms with van der Waals surface area (Å²) < 4.78 is 26.4. The second-order valence-corrected chi connectivity index (χ2v) is 9.68. The molecule has 1 fully saturated rings. The van der Waals surface area contributed by atoms with Crippen molar-refractivity contribution in [3.8, 4) is 0 Å². The predicted octanol–water partition coefficient (Wildman–Crippen LogP) is -1.63. The molecule has 0 bridgehead atoms. The molecule has 0 saturated carbocycles. The highest BCUT2D eigenvalue weighted by molar-refractivity contribution is 8.08. The summed E-state index contributed by atoms with van der Waals surface area (Å²) in [5, 5.41) is 20.4. The molecule has 7 N–H and O–H groups in total. The number of nitrogens with zero attached hydrogens (tertiary/aromatic N) is 4. The summed E-state index contributed by atoms with van der Waals surface area (Å²) in [6.07, 6.45) is -2.77. The van der Waals surface area contributed by atoms with Crippen molar-refractivity contribution >= 4 is 43.3 Å². The Morgan fingerprint density at radius 1 is 1.26 bits per heavy atom. The van der Waals surface area contributed by atoms with E-state index < -0.39 is 45.7 Å². The first-order chi connectivity index (χ1) is 12.5. The second-order valence-electron chi connectivity index (χ2n) is 5.47. The van der Waals surface area contributed by atoms with Gasteiger partial charge >= 0.3 is 14.5 Å². The SMILES string of the molecule is Nc1ncnc2c1ncn2[C@@H]1O[C@H](CO[P@@](O)(=S)OP(=O)(O)O)[C@@H](O)C1O. The second kappa shape index (κ2) is 7.39. The molecule has 0 aromatic carbocycles. The van der Waals surface area contributed by atoms with Crippen LogP contribution in [0.15, 0.2) is 12.7 Å². The van der Waals surface area contributed by atoms with Crippen molar-refractivity contribution in [1.29, 1.82) is 0 Å². The van der Waals surface area contributed by atoms with E-state index >= 15 is 0 Å². The molecule has 1 saturated heterocycles. The average Bonchev–Trinajstić information content (AvgIpc) is 3.07. The van der Waals surface area contributed by atoms with Gasteiger partial charge < -0.3 is 39.9 Å². The minimum absolute atomic E-state index is 0.113. The van der Waals surface area contributed by atoms with Gasteiger partial charge in [-0.3, -0.25) is 4.57 Å². The van der Waals surface area contributed by atoms with E-state index in [1.807, 2.05) is 0 Å². The van der Waals surface area contributed by atoms with Crippen LogP contribution in [0.5, 0.6) is 0 Å². The molecule has 150 valence electrons. The van der Waals surface area contributed by atoms with E-state index in [2.05, 4.69) is 31.1 Å². The van der Waals surface area contributed by atoms with Gasteiger partial charge in [-0.25, -0.2) is 23.8 Å². The normalized spacial score (nSPS) is 28.5. The first kappa shape index (κ1) is 20.6. The van der Waals surface area contributed by atoms with E-state index in [0.717, 1.165) is 0 Å². The first-order valence-corrected chi connectivity index (χ1v) is 11.3. The van der Waals surface area contributed by atoms with Gasteiger partial charge in [0.1, 0.15) is 30.2 Å². The smallest absolute Gasteiger partial charge is 0.387 e. The maximum Gasteiger partial charge on any atom is 0.476 e. The number of nitrogen functional groups attached to an aromatic ring is 1. The molecule has 0 spiro atoms. The zero-order chi connectivity index (χ0) is 20.0. The number of phosphoric acid groups is 1. The molecular formula is C10H15N5O9P2S. The molecule has 14 nitrogen and oxygen atoms in total. The third-order valence-corrected chi connectivity index (χ3v) is 6.68.